The summed E-state index contributed by atoms with van der Waals surface area (Å²) in [6.45, 7) is 0. The van der Waals surface area contributed by atoms with Gasteiger partial charge in [0, 0.05) is 14.5 Å². The van der Waals surface area contributed by atoms with Crippen molar-refractivity contribution in [1.82, 2.24) is 4.98 Å². The van der Waals surface area contributed by atoms with Gasteiger partial charge in [-0.3, -0.25) is 4.79 Å². The predicted octanol–water partition coefficient (Wildman–Crippen LogP) is 5.25. The van der Waals surface area contributed by atoms with Crippen molar-refractivity contribution in [1.29, 1.82) is 0 Å². The van der Waals surface area contributed by atoms with Gasteiger partial charge in [0.05, 0.1) is 22.8 Å². The molecule has 0 aliphatic heterocycles. The first kappa shape index (κ1) is 16.4. The maximum atomic E-state index is 12.2. The van der Waals surface area contributed by atoms with Crippen molar-refractivity contribution < 1.29 is 4.79 Å². The van der Waals surface area contributed by atoms with Gasteiger partial charge >= 0.3 is 0 Å². The molecular weight excluding hydrogens is 443 g/mol. The van der Waals surface area contributed by atoms with E-state index >= 15 is 0 Å². The minimum absolute atomic E-state index is 0.0786. The molecule has 0 radical (unpaired) electrons. The fourth-order valence-corrected chi connectivity index (χ4v) is 3.73. The number of carbonyl (C=O) groups excluding carboxylic acids is 1. The van der Waals surface area contributed by atoms with E-state index in [1.165, 1.54) is 11.3 Å². The highest BCUT2D eigenvalue weighted by atomic mass is 127. The maximum Gasteiger partial charge on any atom is 0.230 e. The number of thiazole rings is 1. The SMILES string of the molecule is O=C(Cc1csc(-c2ccccc2Cl)n1)Nc1ccccc1I. The third-order valence-corrected chi connectivity index (χ3v) is 5.34. The van der Waals surface area contributed by atoms with Crippen LogP contribution in [-0.2, 0) is 11.2 Å². The minimum atomic E-state index is -0.0786. The van der Waals surface area contributed by atoms with E-state index in [1.54, 1.807) is 0 Å². The zero-order valence-corrected chi connectivity index (χ0v) is 15.7. The summed E-state index contributed by atoms with van der Waals surface area (Å²) in [5.74, 6) is -0.0786. The number of halogens is 2. The Kier molecular flexibility index (Phi) is 5.30. The quantitative estimate of drug-likeness (QED) is 0.547. The van der Waals surface area contributed by atoms with Crippen LogP contribution < -0.4 is 5.32 Å². The lowest BCUT2D eigenvalue weighted by Crippen LogP contribution is -2.15. The van der Waals surface area contributed by atoms with Crippen LogP contribution in [0.25, 0.3) is 10.6 Å². The van der Waals surface area contributed by atoms with Gasteiger partial charge in [0.2, 0.25) is 5.91 Å². The molecule has 1 heterocycles. The molecule has 1 aromatic heterocycles. The summed E-state index contributed by atoms with van der Waals surface area (Å²) in [5.41, 5.74) is 2.46. The largest absolute Gasteiger partial charge is 0.325 e. The van der Waals surface area contributed by atoms with E-state index < -0.39 is 0 Å². The zero-order chi connectivity index (χ0) is 16.2. The Morgan fingerprint density at radius 3 is 2.70 bits per heavy atom. The third-order valence-electron chi connectivity index (χ3n) is 3.15. The highest BCUT2D eigenvalue weighted by Gasteiger charge is 2.11. The highest BCUT2D eigenvalue weighted by molar-refractivity contribution is 14.1. The van der Waals surface area contributed by atoms with Gasteiger partial charge in [-0.25, -0.2) is 4.98 Å². The molecule has 0 unspecified atom stereocenters. The van der Waals surface area contributed by atoms with E-state index in [4.69, 9.17) is 11.6 Å². The summed E-state index contributed by atoms with van der Waals surface area (Å²) in [5, 5.41) is 6.30. The van der Waals surface area contributed by atoms with Crippen LogP contribution in [0.3, 0.4) is 0 Å². The van der Waals surface area contributed by atoms with Gasteiger partial charge in [-0.05, 0) is 40.8 Å². The molecule has 3 aromatic rings. The van der Waals surface area contributed by atoms with Crippen LogP contribution in [0.5, 0.6) is 0 Å². The molecule has 0 aliphatic rings. The lowest BCUT2D eigenvalue weighted by Gasteiger charge is -2.05. The van der Waals surface area contributed by atoms with Gasteiger partial charge in [0.15, 0.2) is 0 Å². The molecule has 116 valence electrons. The van der Waals surface area contributed by atoms with Crippen molar-refractivity contribution in [3.8, 4) is 10.6 Å². The molecule has 0 fully saturated rings. The number of nitrogens with zero attached hydrogens (tertiary/aromatic N) is 1. The first-order valence-corrected chi connectivity index (χ1v) is 9.21. The Balaban J connectivity index is 1.71. The Morgan fingerprint density at radius 2 is 1.91 bits per heavy atom. The van der Waals surface area contributed by atoms with Crippen LogP contribution in [-0.4, -0.2) is 10.9 Å². The number of amides is 1. The molecule has 1 amide bonds. The van der Waals surface area contributed by atoms with Crippen LogP contribution in [0.15, 0.2) is 53.9 Å². The fourth-order valence-electron chi connectivity index (χ4n) is 2.07. The number of carbonyl (C=O) groups is 1. The minimum Gasteiger partial charge on any atom is -0.325 e. The van der Waals surface area contributed by atoms with E-state index in [9.17, 15) is 4.79 Å². The molecule has 0 aliphatic carbocycles. The van der Waals surface area contributed by atoms with E-state index in [0.29, 0.717) is 5.02 Å². The number of para-hydroxylation sites is 1. The average Bonchev–Trinajstić information content (AvgIpc) is 2.98. The van der Waals surface area contributed by atoms with Crippen molar-refractivity contribution in [2.45, 2.75) is 6.42 Å². The monoisotopic (exact) mass is 454 g/mol. The lowest BCUT2D eigenvalue weighted by molar-refractivity contribution is -0.115. The van der Waals surface area contributed by atoms with Crippen molar-refractivity contribution in [3.05, 3.63) is 68.2 Å². The first-order valence-electron chi connectivity index (χ1n) is 6.87. The Bertz CT molecular complexity index is 850. The van der Waals surface area contributed by atoms with Crippen LogP contribution >= 0.6 is 45.5 Å². The molecule has 0 saturated carbocycles. The number of rotatable bonds is 4. The molecule has 0 atom stereocenters. The Hall–Kier alpha value is -1.44. The van der Waals surface area contributed by atoms with Gasteiger partial charge < -0.3 is 5.32 Å². The molecule has 6 heteroatoms. The van der Waals surface area contributed by atoms with E-state index in [2.05, 4.69) is 32.9 Å². The number of benzene rings is 2. The van der Waals surface area contributed by atoms with Crippen molar-refractivity contribution in [3.63, 3.8) is 0 Å². The van der Waals surface area contributed by atoms with Crippen molar-refractivity contribution in [2.24, 2.45) is 0 Å². The summed E-state index contributed by atoms with van der Waals surface area (Å²) in [7, 11) is 0. The maximum absolute atomic E-state index is 12.2. The normalized spacial score (nSPS) is 10.5. The van der Waals surface area contributed by atoms with Gasteiger partial charge in [-0.2, -0.15) is 0 Å². The second kappa shape index (κ2) is 7.42. The van der Waals surface area contributed by atoms with Crippen molar-refractivity contribution in [2.75, 3.05) is 5.32 Å². The summed E-state index contributed by atoms with van der Waals surface area (Å²) >= 11 is 9.87. The van der Waals surface area contributed by atoms with Crippen LogP contribution in [0.2, 0.25) is 5.02 Å². The molecule has 2 aromatic carbocycles. The zero-order valence-electron chi connectivity index (χ0n) is 11.9. The number of aromatic nitrogens is 1. The number of hydrogen-bond acceptors (Lipinski definition) is 3. The number of anilines is 1. The topological polar surface area (TPSA) is 42.0 Å². The summed E-state index contributed by atoms with van der Waals surface area (Å²) < 4.78 is 1.01. The Labute approximate surface area is 156 Å². The second-order valence-electron chi connectivity index (χ2n) is 4.83. The molecule has 23 heavy (non-hydrogen) atoms. The fraction of sp³-hybridized carbons (Fsp3) is 0.0588. The van der Waals surface area contributed by atoms with Gasteiger partial charge in [-0.15, -0.1) is 11.3 Å². The molecule has 0 saturated heterocycles. The van der Waals surface area contributed by atoms with Gasteiger partial charge in [0.25, 0.3) is 0 Å². The average molecular weight is 455 g/mol. The molecular formula is C17H12ClIN2OS. The van der Waals surface area contributed by atoms with E-state index in [0.717, 1.165) is 25.5 Å². The van der Waals surface area contributed by atoms with Gasteiger partial charge in [-0.1, -0.05) is 41.9 Å². The molecule has 3 rings (SSSR count). The second-order valence-corrected chi connectivity index (χ2v) is 7.26. The summed E-state index contributed by atoms with van der Waals surface area (Å²) in [4.78, 5) is 16.7. The summed E-state index contributed by atoms with van der Waals surface area (Å²) in [6, 6.07) is 15.2. The van der Waals surface area contributed by atoms with E-state index in [1.807, 2.05) is 53.9 Å². The van der Waals surface area contributed by atoms with Crippen LogP contribution in [0, 0.1) is 3.57 Å². The highest BCUT2D eigenvalue weighted by Crippen LogP contribution is 2.30. The summed E-state index contributed by atoms with van der Waals surface area (Å²) in [6.07, 6.45) is 0.242. The number of hydrogen-bond donors (Lipinski definition) is 1. The first-order chi connectivity index (χ1) is 11.1. The van der Waals surface area contributed by atoms with Crippen LogP contribution in [0.1, 0.15) is 5.69 Å². The lowest BCUT2D eigenvalue weighted by atomic mass is 10.2. The predicted molar refractivity (Wildman–Crippen MR) is 104 cm³/mol. The van der Waals surface area contributed by atoms with E-state index in [-0.39, 0.29) is 12.3 Å². The third kappa shape index (κ3) is 4.10. The Morgan fingerprint density at radius 1 is 1.17 bits per heavy atom. The standard InChI is InChI=1S/C17H12ClIN2OS/c18-13-6-2-1-5-12(13)17-20-11(10-23-17)9-16(22)21-15-8-4-3-7-14(15)19/h1-8,10H,9H2,(H,21,22). The molecule has 3 nitrogen and oxygen atoms in total. The van der Waals surface area contributed by atoms with Gasteiger partial charge in [0.1, 0.15) is 5.01 Å². The number of nitrogens with one attached hydrogen (secondary N) is 1. The molecule has 1 N–H and O–H groups in total. The molecule has 0 spiro atoms. The van der Waals surface area contributed by atoms with Crippen molar-refractivity contribution >= 4 is 57.1 Å². The smallest absolute Gasteiger partial charge is 0.230 e. The van der Waals surface area contributed by atoms with Crippen LogP contribution in [0.4, 0.5) is 5.69 Å². The molecule has 0 bridgehead atoms.